The van der Waals surface area contributed by atoms with Crippen molar-refractivity contribution in [1.29, 1.82) is 10.5 Å². The maximum atomic E-state index is 9.64. The van der Waals surface area contributed by atoms with E-state index in [4.69, 9.17) is 16.3 Å². The van der Waals surface area contributed by atoms with Gasteiger partial charge in [-0.1, -0.05) is 48.0 Å². The van der Waals surface area contributed by atoms with E-state index in [-0.39, 0.29) is 6.04 Å². The van der Waals surface area contributed by atoms with Crippen LogP contribution in [0.25, 0.3) is 0 Å². The highest BCUT2D eigenvalue weighted by molar-refractivity contribution is 6.30. The number of halogens is 1. The first-order chi connectivity index (χ1) is 16.1. The van der Waals surface area contributed by atoms with E-state index in [1.54, 1.807) is 7.11 Å². The van der Waals surface area contributed by atoms with Crippen LogP contribution in [-0.4, -0.2) is 13.7 Å². The van der Waals surface area contributed by atoms with Gasteiger partial charge in [0.05, 0.1) is 31.2 Å². The number of hydrogen-bond donors (Lipinski definition) is 1. The third-order valence-corrected chi connectivity index (χ3v) is 6.05. The monoisotopic (exact) mass is 457 g/mol. The van der Waals surface area contributed by atoms with Gasteiger partial charge >= 0.3 is 0 Å². The van der Waals surface area contributed by atoms with Gasteiger partial charge in [0, 0.05) is 11.1 Å². The summed E-state index contributed by atoms with van der Waals surface area (Å²) in [6.07, 6.45) is 3.87. The van der Waals surface area contributed by atoms with Crippen LogP contribution in [0.4, 0.5) is 0 Å². The zero-order chi connectivity index (χ0) is 23.5. The average molecular weight is 458 g/mol. The molecule has 0 amide bonds. The number of nitriles is 2. The number of nitrogens with one attached hydrogen (secondary N) is 1. The lowest BCUT2D eigenvalue weighted by Crippen LogP contribution is -2.22. The fraction of sp³-hybridized carbons (Fsp3) is 0.286. The Hall–Kier alpha value is -3.31. The number of rotatable bonds is 11. The molecule has 3 aromatic rings. The van der Waals surface area contributed by atoms with Crippen LogP contribution in [0.2, 0.25) is 5.02 Å². The van der Waals surface area contributed by atoms with E-state index in [9.17, 15) is 10.5 Å². The average Bonchev–Trinajstić information content (AvgIpc) is 2.86. The molecule has 33 heavy (non-hydrogen) atoms. The van der Waals surface area contributed by atoms with E-state index in [1.165, 1.54) is 11.1 Å². The second-order valence-electron chi connectivity index (χ2n) is 7.93. The molecule has 0 saturated heterocycles. The van der Waals surface area contributed by atoms with Gasteiger partial charge < -0.3 is 10.1 Å². The zero-order valence-corrected chi connectivity index (χ0v) is 19.6. The zero-order valence-electron chi connectivity index (χ0n) is 18.9. The highest BCUT2D eigenvalue weighted by Crippen LogP contribution is 2.22. The first-order valence-corrected chi connectivity index (χ1v) is 11.5. The molecule has 1 unspecified atom stereocenters. The first kappa shape index (κ1) is 24.3. The molecular weight excluding hydrogens is 430 g/mol. The van der Waals surface area contributed by atoms with Gasteiger partial charge in [0.25, 0.3) is 0 Å². The van der Waals surface area contributed by atoms with Gasteiger partial charge in [-0.05, 0) is 84.8 Å². The molecule has 1 N–H and O–H groups in total. The SMILES string of the molecule is COc1ccc(C(CC#N)NCCCc2c(C#N)cccc2CCc2ccc(Cl)cc2)cc1. The number of ether oxygens (including phenoxy) is 1. The van der Waals surface area contributed by atoms with Gasteiger partial charge in [0.1, 0.15) is 5.75 Å². The molecule has 0 bridgehead atoms. The molecule has 0 aromatic heterocycles. The van der Waals surface area contributed by atoms with E-state index >= 15 is 0 Å². The fourth-order valence-corrected chi connectivity index (χ4v) is 4.10. The van der Waals surface area contributed by atoms with E-state index in [0.29, 0.717) is 6.42 Å². The number of methoxy groups -OCH3 is 1. The Balaban J connectivity index is 1.61. The van der Waals surface area contributed by atoms with Crippen LogP contribution in [0, 0.1) is 22.7 Å². The molecule has 0 aliphatic heterocycles. The summed E-state index contributed by atoms with van der Waals surface area (Å²) in [6, 6.07) is 26.3. The number of nitrogens with zero attached hydrogens (tertiary/aromatic N) is 2. The Bertz CT molecular complexity index is 1110. The Morgan fingerprint density at radius 1 is 0.939 bits per heavy atom. The molecule has 5 heteroatoms. The van der Waals surface area contributed by atoms with Crippen molar-refractivity contribution < 1.29 is 4.74 Å². The molecular formula is C28H28ClN3O. The molecule has 3 aromatic carbocycles. The third-order valence-electron chi connectivity index (χ3n) is 5.80. The van der Waals surface area contributed by atoms with Gasteiger partial charge in [-0.15, -0.1) is 0 Å². The van der Waals surface area contributed by atoms with E-state index in [0.717, 1.165) is 59.7 Å². The van der Waals surface area contributed by atoms with Crippen molar-refractivity contribution in [3.05, 3.63) is 99.6 Å². The molecule has 0 aliphatic carbocycles. The minimum Gasteiger partial charge on any atom is -0.497 e. The van der Waals surface area contributed by atoms with E-state index in [2.05, 4.69) is 35.7 Å². The summed E-state index contributed by atoms with van der Waals surface area (Å²) in [4.78, 5) is 0. The maximum Gasteiger partial charge on any atom is 0.118 e. The number of benzene rings is 3. The van der Waals surface area contributed by atoms with Gasteiger partial charge in [-0.2, -0.15) is 10.5 Å². The van der Waals surface area contributed by atoms with E-state index < -0.39 is 0 Å². The largest absolute Gasteiger partial charge is 0.497 e. The predicted molar refractivity (Wildman–Crippen MR) is 132 cm³/mol. The number of hydrogen-bond acceptors (Lipinski definition) is 4. The first-order valence-electron chi connectivity index (χ1n) is 11.1. The van der Waals surface area contributed by atoms with Crippen LogP contribution in [0.1, 0.15) is 46.7 Å². The van der Waals surface area contributed by atoms with Crippen LogP contribution in [-0.2, 0) is 19.3 Å². The van der Waals surface area contributed by atoms with Gasteiger partial charge in [0.2, 0.25) is 0 Å². The minimum absolute atomic E-state index is 0.0310. The summed E-state index contributed by atoms with van der Waals surface area (Å²) in [5.41, 5.74) is 5.38. The highest BCUT2D eigenvalue weighted by Gasteiger charge is 2.12. The van der Waals surface area contributed by atoms with Gasteiger partial charge in [0.15, 0.2) is 0 Å². The standard InChI is InChI=1S/C28H28ClN3O/c1-33-26-15-11-23(12-16-26)28(17-18-30)32-19-3-6-27-22(4-2-5-24(27)20-31)10-7-21-8-13-25(29)14-9-21/h2,4-5,8-9,11-16,28,32H,3,6-7,10,17,19H2,1H3. The van der Waals surface area contributed by atoms with Gasteiger partial charge in [-0.25, -0.2) is 0 Å². The molecule has 0 fully saturated rings. The molecule has 0 aliphatic rings. The molecule has 0 saturated carbocycles. The third kappa shape index (κ3) is 7.09. The van der Waals surface area contributed by atoms with Crippen LogP contribution in [0.5, 0.6) is 5.75 Å². The van der Waals surface area contributed by atoms with E-state index in [1.807, 2.05) is 48.5 Å². The van der Waals surface area contributed by atoms with Gasteiger partial charge in [-0.3, -0.25) is 0 Å². The maximum absolute atomic E-state index is 9.64. The topological polar surface area (TPSA) is 68.8 Å². The molecule has 4 nitrogen and oxygen atoms in total. The smallest absolute Gasteiger partial charge is 0.118 e. The molecule has 0 heterocycles. The quantitative estimate of drug-likeness (QED) is 0.349. The fourth-order valence-electron chi connectivity index (χ4n) is 3.98. The van der Waals surface area contributed by atoms with Crippen LogP contribution >= 0.6 is 11.6 Å². The van der Waals surface area contributed by atoms with Crippen LogP contribution in [0.3, 0.4) is 0 Å². The number of aryl methyl sites for hydroxylation is 2. The Kier molecular flexibility index (Phi) is 9.33. The molecule has 168 valence electrons. The molecule has 0 spiro atoms. The Labute approximate surface area is 201 Å². The Morgan fingerprint density at radius 2 is 1.70 bits per heavy atom. The van der Waals surface area contributed by atoms with Crippen molar-refractivity contribution in [2.24, 2.45) is 0 Å². The predicted octanol–water partition coefficient (Wildman–Crippen LogP) is 6.18. The molecule has 1 atom stereocenters. The summed E-state index contributed by atoms with van der Waals surface area (Å²) in [6.45, 7) is 0.759. The second-order valence-corrected chi connectivity index (χ2v) is 8.36. The van der Waals surface area contributed by atoms with Crippen molar-refractivity contribution >= 4 is 11.6 Å². The summed E-state index contributed by atoms with van der Waals surface area (Å²) < 4.78 is 5.23. The summed E-state index contributed by atoms with van der Waals surface area (Å²) in [5, 5.41) is 23.1. The van der Waals surface area contributed by atoms with Crippen molar-refractivity contribution in [1.82, 2.24) is 5.32 Å². The summed E-state index contributed by atoms with van der Waals surface area (Å²) in [7, 11) is 1.64. The van der Waals surface area contributed by atoms with Crippen LogP contribution < -0.4 is 10.1 Å². The molecule has 3 rings (SSSR count). The lowest BCUT2D eigenvalue weighted by Gasteiger charge is -2.17. The minimum atomic E-state index is -0.0310. The normalized spacial score (nSPS) is 11.4. The highest BCUT2D eigenvalue weighted by atomic mass is 35.5. The second kappa shape index (κ2) is 12.7. The summed E-state index contributed by atoms with van der Waals surface area (Å²) >= 11 is 5.99. The molecule has 0 radical (unpaired) electrons. The van der Waals surface area contributed by atoms with Crippen molar-refractivity contribution in [2.75, 3.05) is 13.7 Å². The van der Waals surface area contributed by atoms with Crippen LogP contribution in [0.15, 0.2) is 66.7 Å². The lowest BCUT2D eigenvalue weighted by atomic mass is 9.93. The lowest BCUT2D eigenvalue weighted by molar-refractivity contribution is 0.414. The van der Waals surface area contributed by atoms with Crippen molar-refractivity contribution in [3.8, 4) is 17.9 Å². The summed E-state index contributed by atoms with van der Waals surface area (Å²) in [5.74, 6) is 0.800. The Morgan fingerprint density at radius 3 is 2.36 bits per heavy atom. The van der Waals surface area contributed by atoms with Crippen molar-refractivity contribution in [3.63, 3.8) is 0 Å². The van der Waals surface area contributed by atoms with Crippen molar-refractivity contribution in [2.45, 2.75) is 38.1 Å².